The Balaban J connectivity index is 1.16. The first kappa shape index (κ1) is 24.9. The maximum atomic E-state index is 13.9. The van der Waals surface area contributed by atoms with E-state index in [9.17, 15) is 14.0 Å². The number of unbranched alkanes of at least 4 members (excludes halogenated alkanes) is 1. The molecule has 0 spiro atoms. The molecule has 0 bridgehead atoms. The van der Waals surface area contributed by atoms with Gasteiger partial charge in [-0.1, -0.05) is 34.2 Å². The van der Waals surface area contributed by atoms with Crippen molar-refractivity contribution >= 4 is 29.2 Å². The number of carbonyl (C=O) groups excluding carboxylic acids is 2. The number of nitrogens with zero attached hydrogens (tertiary/aromatic N) is 7. The number of hydrogen-bond acceptors (Lipinski definition) is 7. The first-order chi connectivity index (χ1) is 17.5. The lowest BCUT2D eigenvalue weighted by Crippen LogP contribution is -2.23. The normalized spacial score (nSPS) is 10.8. The lowest BCUT2D eigenvalue weighted by molar-refractivity contribution is -0.115. The van der Waals surface area contributed by atoms with Crippen molar-refractivity contribution in [2.75, 3.05) is 5.32 Å². The van der Waals surface area contributed by atoms with E-state index in [1.54, 1.807) is 28.0 Å². The molecule has 0 saturated carbocycles. The highest BCUT2D eigenvalue weighted by Crippen LogP contribution is 2.15. The number of benzene rings is 1. The number of carbonyl (C=O) groups is 2. The Kier molecular flexibility index (Phi) is 8.29. The Bertz CT molecular complexity index is 1330. The second kappa shape index (κ2) is 12.0. The van der Waals surface area contributed by atoms with Gasteiger partial charge in [-0.2, -0.15) is 0 Å². The maximum absolute atomic E-state index is 13.9. The first-order valence-corrected chi connectivity index (χ1v) is 11.6. The molecule has 0 aliphatic rings. The van der Waals surface area contributed by atoms with E-state index in [1.807, 2.05) is 18.2 Å². The number of hydrogen-bond donors (Lipinski definition) is 2. The van der Waals surface area contributed by atoms with Gasteiger partial charge in [0.05, 0.1) is 31.1 Å². The van der Waals surface area contributed by atoms with Crippen LogP contribution in [0.4, 0.5) is 10.2 Å². The van der Waals surface area contributed by atoms with E-state index in [2.05, 4.69) is 36.2 Å². The highest BCUT2D eigenvalue weighted by atomic mass is 35.5. The highest BCUT2D eigenvalue weighted by molar-refractivity contribution is 6.30. The van der Waals surface area contributed by atoms with Gasteiger partial charge in [0.1, 0.15) is 5.82 Å². The fraction of sp³-hybridized carbons (Fsp3) is 0.261. The summed E-state index contributed by atoms with van der Waals surface area (Å²) in [5.74, 6) is -0.977. The number of nitrogens with one attached hydrogen (secondary N) is 2. The van der Waals surface area contributed by atoms with Crippen LogP contribution >= 0.6 is 11.6 Å². The number of amides is 2. The minimum atomic E-state index is -0.536. The Hall–Kier alpha value is -4.19. The van der Waals surface area contributed by atoms with Crippen molar-refractivity contribution in [3.8, 4) is 0 Å². The van der Waals surface area contributed by atoms with Gasteiger partial charge in [0.25, 0.3) is 5.91 Å². The van der Waals surface area contributed by atoms with Crippen molar-refractivity contribution in [1.82, 2.24) is 40.3 Å². The summed E-state index contributed by atoms with van der Waals surface area (Å²) in [6, 6.07) is 9.66. The van der Waals surface area contributed by atoms with Crippen molar-refractivity contribution < 1.29 is 14.0 Å². The average Bonchev–Trinajstić information content (AvgIpc) is 3.52. The van der Waals surface area contributed by atoms with Gasteiger partial charge in [-0.15, -0.1) is 10.2 Å². The van der Waals surface area contributed by atoms with Crippen molar-refractivity contribution in [2.24, 2.45) is 0 Å². The standard InChI is InChI=1S/C23H23ClFN9O2/c24-17-7-6-16(19(25)12-17)11-22(35)28-21-15-34(32-30-21)10-4-3-9-33-14-20(29-31-33)23(36)27-13-18-5-1-2-8-26-18/h1-2,5-8,12,14-15H,3-4,9-11,13H2,(H,27,36)(H,28,35). The van der Waals surface area contributed by atoms with Gasteiger partial charge in [-0.05, 0) is 42.7 Å². The third kappa shape index (κ3) is 7.15. The minimum absolute atomic E-state index is 0.142. The van der Waals surface area contributed by atoms with Gasteiger partial charge in [0.2, 0.25) is 5.91 Å². The van der Waals surface area contributed by atoms with Crippen LogP contribution in [-0.4, -0.2) is 46.8 Å². The van der Waals surface area contributed by atoms with Crippen molar-refractivity contribution in [3.05, 3.63) is 82.8 Å². The van der Waals surface area contributed by atoms with Gasteiger partial charge < -0.3 is 10.6 Å². The zero-order valence-corrected chi connectivity index (χ0v) is 19.9. The van der Waals surface area contributed by atoms with E-state index in [4.69, 9.17) is 11.6 Å². The summed E-state index contributed by atoms with van der Waals surface area (Å²) in [5.41, 5.74) is 1.23. The number of rotatable bonds is 11. The Morgan fingerprint density at radius 1 is 1.00 bits per heavy atom. The van der Waals surface area contributed by atoms with Crippen LogP contribution in [0.3, 0.4) is 0 Å². The SMILES string of the molecule is O=C(Cc1ccc(Cl)cc1F)Nc1cn(CCCCn2cc(C(=O)NCc3ccccn3)nn2)nn1. The topological polar surface area (TPSA) is 133 Å². The molecule has 0 radical (unpaired) electrons. The molecular weight excluding hydrogens is 489 g/mol. The quantitative estimate of drug-likeness (QED) is 0.296. The third-order valence-corrected chi connectivity index (χ3v) is 5.36. The summed E-state index contributed by atoms with van der Waals surface area (Å²) in [6.45, 7) is 1.46. The number of halogens is 2. The largest absolute Gasteiger partial charge is 0.345 e. The van der Waals surface area contributed by atoms with Crippen LogP contribution in [0.2, 0.25) is 5.02 Å². The maximum Gasteiger partial charge on any atom is 0.273 e. The summed E-state index contributed by atoms with van der Waals surface area (Å²) in [6.07, 6.45) is 6.25. The molecule has 0 unspecified atom stereocenters. The molecule has 3 heterocycles. The van der Waals surface area contributed by atoms with E-state index in [0.717, 1.165) is 18.5 Å². The molecule has 13 heteroatoms. The van der Waals surface area contributed by atoms with Crippen molar-refractivity contribution in [2.45, 2.75) is 38.9 Å². The summed E-state index contributed by atoms with van der Waals surface area (Å²) in [5, 5.41) is 21.5. The Labute approximate surface area is 210 Å². The molecule has 0 saturated heterocycles. The van der Waals surface area contributed by atoms with Crippen molar-refractivity contribution in [3.63, 3.8) is 0 Å². The lowest BCUT2D eigenvalue weighted by atomic mass is 10.1. The van der Waals surface area contributed by atoms with Gasteiger partial charge in [-0.3, -0.25) is 23.9 Å². The molecule has 186 valence electrons. The number of anilines is 1. The molecule has 36 heavy (non-hydrogen) atoms. The monoisotopic (exact) mass is 511 g/mol. The van der Waals surface area contributed by atoms with Gasteiger partial charge in [-0.25, -0.2) is 4.39 Å². The fourth-order valence-electron chi connectivity index (χ4n) is 3.31. The zero-order chi connectivity index (χ0) is 25.3. The zero-order valence-electron chi connectivity index (χ0n) is 19.1. The van der Waals surface area contributed by atoms with Crippen LogP contribution in [0.1, 0.15) is 34.6 Å². The molecule has 1 aromatic carbocycles. The summed E-state index contributed by atoms with van der Waals surface area (Å²) in [7, 11) is 0. The molecule has 0 atom stereocenters. The molecule has 4 aromatic rings. The molecule has 2 amide bonds. The summed E-state index contributed by atoms with van der Waals surface area (Å²) in [4.78, 5) is 28.6. The molecular formula is C23H23ClFN9O2. The predicted octanol–water partition coefficient (Wildman–Crippen LogP) is 2.65. The summed E-state index contributed by atoms with van der Waals surface area (Å²) < 4.78 is 17.1. The highest BCUT2D eigenvalue weighted by Gasteiger charge is 2.12. The van der Waals surface area contributed by atoms with Crippen LogP contribution in [0, 0.1) is 5.82 Å². The van der Waals surface area contributed by atoms with E-state index < -0.39 is 11.7 Å². The second-order valence-electron chi connectivity index (χ2n) is 7.91. The van der Waals surface area contributed by atoms with Crippen LogP contribution in [0.5, 0.6) is 0 Å². The van der Waals surface area contributed by atoms with E-state index in [-0.39, 0.29) is 34.4 Å². The minimum Gasteiger partial charge on any atom is -0.345 e. The number of aryl methyl sites for hydroxylation is 2. The van der Waals surface area contributed by atoms with Gasteiger partial charge in [0.15, 0.2) is 11.5 Å². The Morgan fingerprint density at radius 2 is 1.78 bits per heavy atom. The third-order valence-electron chi connectivity index (χ3n) is 5.12. The molecule has 3 aromatic heterocycles. The van der Waals surface area contributed by atoms with Crippen LogP contribution < -0.4 is 10.6 Å². The fourth-order valence-corrected chi connectivity index (χ4v) is 3.47. The average molecular weight is 512 g/mol. The predicted molar refractivity (Wildman–Crippen MR) is 128 cm³/mol. The van der Waals surface area contributed by atoms with Gasteiger partial charge in [0, 0.05) is 24.3 Å². The molecule has 0 aliphatic heterocycles. The summed E-state index contributed by atoms with van der Waals surface area (Å²) >= 11 is 5.73. The molecule has 11 nitrogen and oxygen atoms in total. The van der Waals surface area contributed by atoms with Crippen LogP contribution in [0.15, 0.2) is 55.0 Å². The first-order valence-electron chi connectivity index (χ1n) is 11.2. The molecule has 0 fully saturated rings. The second-order valence-corrected chi connectivity index (χ2v) is 8.34. The molecule has 0 aliphatic carbocycles. The molecule has 2 N–H and O–H groups in total. The number of aromatic nitrogens is 7. The lowest BCUT2D eigenvalue weighted by Gasteiger charge is -2.04. The van der Waals surface area contributed by atoms with Gasteiger partial charge >= 0.3 is 0 Å². The number of pyridine rings is 1. The smallest absolute Gasteiger partial charge is 0.273 e. The molecule has 4 rings (SSSR count). The Morgan fingerprint density at radius 3 is 2.53 bits per heavy atom. The van der Waals surface area contributed by atoms with E-state index in [1.165, 1.54) is 18.2 Å². The van der Waals surface area contributed by atoms with E-state index >= 15 is 0 Å². The van der Waals surface area contributed by atoms with Crippen LogP contribution in [-0.2, 0) is 30.8 Å². The van der Waals surface area contributed by atoms with Crippen molar-refractivity contribution in [1.29, 1.82) is 0 Å². The van der Waals surface area contributed by atoms with E-state index in [0.29, 0.717) is 19.6 Å². The van der Waals surface area contributed by atoms with Crippen LogP contribution in [0.25, 0.3) is 0 Å².